The number of carbonyl (C=O) groups is 3. The first-order valence-electron chi connectivity index (χ1n) is 6.73. The van der Waals surface area contributed by atoms with Crippen molar-refractivity contribution in [2.45, 2.75) is 13.8 Å². The maximum Gasteiger partial charge on any atom is 0.282 e. The second-order valence-corrected chi connectivity index (χ2v) is 4.89. The Kier molecular flexibility index (Phi) is 4.45. The van der Waals surface area contributed by atoms with Crippen LogP contribution in [0.25, 0.3) is 0 Å². The van der Waals surface area contributed by atoms with E-state index >= 15 is 0 Å². The highest BCUT2D eigenvalue weighted by molar-refractivity contribution is 6.14. The fourth-order valence-corrected chi connectivity index (χ4v) is 2.29. The second-order valence-electron chi connectivity index (χ2n) is 4.89. The number of benzene rings is 1. The van der Waals surface area contributed by atoms with E-state index in [9.17, 15) is 24.5 Å². The molecule has 0 atom stereocenters. The van der Waals surface area contributed by atoms with Crippen LogP contribution in [0.3, 0.4) is 0 Å². The van der Waals surface area contributed by atoms with Gasteiger partial charge < -0.3 is 10.2 Å². The number of nitro groups is 1. The summed E-state index contributed by atoms with van der Waals surface area (Å²) in [4.78, 5) is 45.8. The van der Waals surface area contributed by atoms with Crippen molar-refractivity contribution in [1.29, 1.82) is 0 Å². The van der Waals surface area contributed by atoms with Gasteiger partial charge in [-0.2, -0.15) is 0 Å². The first-order chi connectivity index (χ1) is 11.2. The summed E-state index contributed by atoms with van der Waals surface area (Å²) in [6.07, 6.45) is 0. The zero-order valence-corrected chi connectivity index (χ0v) is 12.8. The molecule has 0 unspecified atom stereocenters. The molecule has 0 aliphatic heterocycles. The van der Waals surface area contributed by atoms with E-state index in [2.05, 4.69) is 5.32 Å². The summed E-state index contributed by atoms with van der Waals surface area (Å²) in [5.74, 6) is -2.51. The number of carbonyl (C=O) groups excluding carboxylic acids is 3. The number of rotatable bonds is 5. The van der Waals surface area contributed by atoms with Gasteiger partial charge in [0, 0.05) is 6.07 Å². The lowest BCUT2D eigenvalue weighted by atomic mass is 10.1. The minimum absolute atomic E-state index is 0.0413. The average molecular weight is 331 g/mol. The number of nitro benzene ring substituents is 1. The van der Waals surface area contributed by atoms with Crippen molar-refractivity contribution in [3.05, 3.63) is 56.8 Å². The number of hydrogen-bond acceptors (Lipinski definition) is 6. The van der Waals surface area contributed by atoms with E-state index in [0.29, 0.717) is 0 Å². The molecular weight excluding hydrogens is 318 g/mol. The van der Waals surface area contributed by atoms with Crippen molar-refractivity contribution in [3.8, 4) is 0 Å². The summed E-state index contributed by atoms with van der Waals surface area (Å²) in [5.41, 5.74) is 4.30. The standard InChI is InChI=1S/C15H13N3O6/c1-7(19)11-8(2)24-15(12(11)13(16)20)17-14(21)9-5-3-4-6-10(9)18(22)23/h3-6H,1-2H3,(H2,16,20)(H,17,21). The van der Waals surface area contributed by atoms with Crippen LogP contribution >= 0.6 is 0 Å². The van der Waals surface area contributed by atoms with Crippen LogP contribution in [-0.4, -0.2) is 22.5 Å². The number of nitrogens with zero attached hydrogens (tertiary/aromatic N) is 1. The Morgan fingerprint density at radius 2 is 1.83 bits per heavy atom. The quantitative estimate of drug-likeness (QED) is 0.487. The van der Waals surface area contributed by atoms with E-state index < -0.39 is 28.2 Å². The Balaban J connectivity index is 2.48. The number of anilines is 1. The van der Waals surface area contributed by atoms with Gasteiger partial charge in [0.25, 0.3) is 17.5 Å². The van der Waals surface area contributed by atoms with Gasteiger partial charge in [0.1, 0.15) is 16.9 Å². The molecule has 3 N–H and O–H groups in total. The zero-order chi connectivity index (χ0) is 18.0. The first-order valence-corrected chi connectivity index (χ1v) is 6.73. The highest BCUT2D eigenvalue weighted by Crippen LogP contribution is 2.28. The minimum Gasteiger partial charge on any atom is -0.444 e. The molecule has 0 saturated heterocycles. The molecule has 1 aromatic carbocycles. The Morgan fingerprint density at radius 1 is 1.21 bits per heavy atom. The van der Waals surface area contributed by atoms with E-state index in [4.69, 9.17) is 10.2 Å². The summed E-state index contributed by atoms with van der Waals surface area (Å²) < 4.78 is 5.24. The van der Waals surface area contributed by atoms with Crippen LogP contribution < -0.4 is 11.1 Å². The minimum atomic E-state index is -0.963. The molecule has 0 radical (unpaired) electrons. The Hall–Kier alpha value is -3.49. The number of amides is 2. The van der Waals surface area contributed by atoms with Gasteiger partial charge in [-0.15, -0.1) is 0 Å². The first kappa shape index (κ1) is 16.9. The number of primary amides is 1. The van der Waals surface area contributed by atoms with Crippen molar-refractivity contribution >= 4 is 29.2 Å². The number of ketones is 1. The molecule has 1 heterocycles. The van der Waals surface area contributed by atoms with E-state index in [-0.39, 0.29) is 28.3 Å². The normalized spacial score (nSPS) is 10.2. The van der Waals surface area contributed by atoms with Crippen LogP contribution in [-0.2, 0) is 0 Å². The van der Waals surface area contributed by atoms with E-state index in [1.807, 2.05) is 0 Å². The van der Waals surface area contributed by atoms with Crippen LogP contribution in [0.15, 0.2) is 28.7 Å². The van der Waals surface area contributed by atoms with Crippen molar-refractivity contribution in [3.63, 3.8) is 0 Å². The van der Waals surface area contributed by atoms with E-state index in [1.54, 1.807) is 0 Å². The number of nitrogens with two attached hydrogens (primary N) is 1. The van der Waals surface area contributed by atoms with Crippen LogP contribution in [0, 0.1) is 17.0 Å². The van der Waals surface area contributed by atoms with Gasteiger partial charge in [0.2, 0.25) is 5.88 Å². The smallest absolute Gasteiger partial charge is 0.282 e. The molecule has 1 aromatic heterocycles. The molecule has 0 fully saturated rings. The van der Waals surface area contributed by atoms with Gasteiger partial charge in [0.05, 0.1) is 10.5 Å². The molecule has 2 aromatic rings. The number of hydrogen-bond donors (Lipinski definition) is 2. The molecular formula is C15H13N3O6. The van der Waals surface area contributed by atoms with Crippen molar-refractivity contribution in [2.24, 2.45) is 5.73 Å². The monoisotopic (exact) mass is 331 g/mol. The largest absolute Gasteiger partial charge is 0.444 e. The Labute approximate surface area is 135 Å². The molecule has 0 spiro atoms. The lowest BCUT2D eigenvalue weighted by molar-refractivity contribution is -0.385. The van der Waals surface area contributed by atoms with Gasteiger partial charge in [-0.25, -0.2) is 0 Å². The van der Waals surface area contributed by atoms with Crippen LogP contribution in [0.1, 0.15) is 43.8 Å². The molecule has 24 heavy (non-hydrogen) atoms. The lowest BCUT2D eigenvalue weighted by Gasteiger charge is -2.04. The van der Waals surface area contributed by atoms with Gasteiger partial charge in [0.15, 0.2) is 5.78 Å². The Morgan fingerprint density at radius 3 is 2.38 bits per heavy atom. The number of para-hydroxylation sites is 1. The van der Waals surface area contributed by atoms with Crippen molar-refractivity contribution in [2.75, 3.05) is 5.32 Å². The Bertz CT molecular complexity index is 868. The fraction of sp³-hybridized carbons (Fsp3) is 0.133. The number of furan rings is 1. The molecule has 2 rings (SSSR count). The molecule has 0 aliphatic carbocycles. The number of nitrogens with one attached hydrogen (secondary N) is 1. The maximum absolute atomic E-state index is 12.3. The van der Waals surface area contributed by atoms with Crippen molar-refractivity contribution < 1.29 is 23.7 Å². The van der Waals surface area contributed by atoms with E-state index in [1.165, 1.54) is 32.0 Å². The summed E-state index contributed by atoms with van der Waals surface area (Å²) in [7, 11) is 0. The summed E-state index contributed by atoms with van der Waals surface area (Å²) in [5, 5.41) is 13.2. The number of Topliss-reactive ketones (excluding diaryl/α,β-unsaturated/α-hetero) is 1. The highest BCUT2D eigenvalue weighted by atomic mass is 16.6. The van der Waals surface area contributed by atoms with Gasteiger partial charge >= 0.3 is 0 Å². The number of aryl methyl sites for hydroxylation is 1. The van der Waals surface area contributed by atoms with Gasteiger partial charge in [-0.05, 0) is 19.9 Å². The van der Waals surface area contributed by atoms with Crippen LogP contribution in [0.2, 0.25) is 0 Å². The predicted octanol–water partition coefficient (Wildman–Crippen LogP) is 2.05. The summed E-state index contributed by atoms with van der Waals surface area (Å²) in [6, 6.07) is 5.28. The summed E-state index contributed by atoms with van der Waals surface area (Å²) in [6.45, 7) is 2.65. The zero-order valence-electron chi connectivity index (χ0n) is 12.8. The van der Waals surface area contributed by atoms with Crippen LogP contribution in [0.5, 0.6) is 0 Å². The second kappa shape index (κ2) is 6.32. The lowest BCUT2D eigenvalue weighted by Crippen LogP contribution is -2.19. The molecule has 0 saturated carbocycles. The van der Waals surface area contributed by atoms with Gasteiger partial charge in [-0.3, -0.25) is 29.8 Å². The maximum atomic E-state index is 12.3. The van der Waals surface area contributed by atoms with E-state index in [0.717, 1.165) is 6.07 Å². The third-order valence-electron chi connectivity index (χ3n) is 3.26. The van der Waals surface area contributed by atoms with Crippen LogP contribution in [0.4, 0.5) is 11.6 Å². The molecule has 0 bridgehead atoms. The van der Waals surface area contributed by atoms with Crippen molar-refractivity contribution in [1.82, 2.24) is 0 Å². The SMILES string of the molecule is CC(=O)c1c(C)oc(NC(=O)c2ccccc2[N+](=O)[O-])c1C(N)=O. The third kappa shape index (κ3) is 3.00. The molecule has 2 amide bonds. The van der Waals surface area contributed by atoms with Gasteiger partial charge in [-0.1, -0.05) is 12.1 Å². The average Bonchev–Trinajstić information content (AvgIpc) is 2.83. The fourth-order valence-electron chi connectivity index (χ4n) is 2.29. The molecule has 9 heteroatoms. The summed E-state index contributed by atoms with van der Waals surface area (Å²) >= 11 is 0. The third-order valence-corrected chi connectivity index (χ3v) is 3.26. The predicted molar refractivity (Wildman–Crippen MR) is 83.0 cm³/mol. The molecule has 9 nitrogen and oxygen atoms in total. The molecule has 0 aliphatic rings. The molecule has 124 valence electrons. The highest BCUT2D eigenvalue weighted by Gasteiger charge is 2.28. The topological polar surface area (TPSA) is 146 Å².